The molecule has 2 aromatic heterocycles. The summed E-state index contributed by atoms with van der Waals surface area (Å²) in [5.74, 6) is -1.27. The predicted octanol–water partition coefficient (Wildman–Crippen LogP) is 6.68. The van der Waals surface area contributed by atoms with Crippen LogP contribution in [0.25, 0.3) is 11.4 Å². The Morgan fingerprint density at radius 1 is 0.593 bits per heavy atom. The van der Waals surface area contributed by atoms with Crippen LogP contribution < -0.4 is 9.44 Å². The van der Waals surface area contributed by atoms with Crippen molar-refractivity contribution in [1.82, 2.24) is 29.0 Å². The molecule has 0 aliphatic carbocycles. The van der Waals surface area contributed by atoms with E-state index in [0.717, 1.165) is 31.9 Å². The number of halogens is 3. The molecule has 0 aliphatic rings. The van der Waals surface area contributed by atoms with Gasteiger partial charge in [-0.3, -0.25) is 9.59 Å². The third-order valence-corrected chi connectivity index (χ3v) is 12.6. The van der Waals surface area contributed by atoms with Crippen molar-refractivity contribution in [3.8, 4) is 11.4 Å². The van der Waals surface area contributed by atoms with Gasteiger partial charge in [0.15, 0.2) is 0 Å². The number of sulfonamides is 2. The molecule has 6 aromatic rings. The van der Waals surface area contributed by atoms with Crippen molar-refractivity contribution in [2.24, 2.45) is 0 Å². The van der Waals surface area contributed by atoms with E-state index in [4.69, 9.17) is 23.2 Å². The number of para-hydroxylation sites is 2. The zero-order valence-corrected chi connectivity index (χ0v) is 34.3. The van der Waals surface area contributed by atoms with Gasteiger partial charge in [-0.25, -0.2) is 35.6 Å². The number of carbonyl (C=O) groups excluding carboxylic acids is 2. The molecule has 0 unspecified atom stereocenters. The molecule has 12 nitrogen and oxygen atoms in total. The van der Waals surface area contributed by atoms with E-state index in [2.05, 4.69) is 42.2 Å². The Hall–Kier alpha value is -4.55. The number of amides is 2. The monoisotopic (exact) mass is 918 g/mol. The summed E-state index contributed by atoms with van der Waals surface area (Å²) in [6.07, 6.45) is -0.241. The second kappa shape index (κ2) is 17.3. The van der Waals surface area contributed by atoms with Crippen LogP contribution >= 0.6 is 45.8 Å². The summed E-state index contributed by atoms with van der Waals surface area (Å²) >= 11 is 13.7. The predicted molar refractivity (Wildman–Crippen MR) is 215 cm³/mol. The number of hydrogen-bond acceptors (Lipinski definition) is 8. The van der Waals surface area contributed by atoms with Crippen molar-refractivity contribution in [3.63, 3.8) is 0 Å². The second-order valence-corrected chi connectivity index (χ2v) is 17.1. The van der Waals surface area contributed by atoms with E-state index < -0.39 is 31.9 Å². The van der Waals surface area contributed by atoms with Gasteiger partial charge in [-0.1, -0.05) is 59.6 Å². The van der Waals surface area contributed by atoms with Crippen molar-refractivity contribution in [2.75, 3.05) is 0 Å². The molecule has 0 spiro atoms. The fourth-order valence-electron chi connectivity index (χ4n) is 5.16. The van der Waals surface area contributed by atoms with Crippen LogP contribution in [0.15, 0.2) is 119 Å². The zero-order valence-electron chi connectivity index (χ0n) is 29.0. The SMILES string of the molecule is Cc1nn(-c2ccccc2)c(CC(=O)NS(=O)(=O)c2ccc(Cl)cc2)c1C.Cc1nn(-c2ccccc2)c(CC(=O)NS(=O)(=O)c2ccc(Cl)cc2)c1I. The summed E-state index contributed by atoms with van der Waals surface area (Å²) < 4.78 is 57.9. The smallest absolute Gasteiger partial charge is 0.264 e. The zero-order chi connectivity index (χ0) is 39.2. The van der Waals surface area contributed by atoms with E-state index in [-0.39, 0.29) is 22.6 Å². The summed E-state index contributed by atoms with van der Waals surface area (Å²) in [6, 6.07) is 30.0. The number of rotatable bonds is 10. The topological polar surface area (TPSA) is 162 Å². The van der Waals surface area contributed by atoms with E-state index in [9.17, 15) is 26.4 Å². The first kappa shape index (κ1) is 40.6. The standard InChI is InChI=1S/C19H18ClN3O3S.C18H15ClIN3O3S/c1-13-14(2)21-23(16-6-4-3-5-7-16)18(13)12-19(24)22-27(25,26)17-10-8-15(20)9-11-17;1-12-18(20)16(23(21-12)14-5-3-2-4-6-14)11-17(24)22-27(25,26)15-9-7-13(19)8-10-15/h3-11H,12H2,1-2H3,(H,22,24);2-10H,11H2,1H3,(H,22,24). The highest BCUT2D eigenvalue weighted by Crippen LogP contribution is 2.22. The Morgan fingerprint density at radius 2 is 0.963 bits per heavy atom. The molecule has 280 valence electrons. The van der Waals surface area contributed by atoms with E-state index in [1.807, 2.05) is 81.4 Å². The normalized spacial score (nSPS) is 11.4. The van der Waals surface area contributed by atoms with Crippen LogP contribution in [-0.2, 0) is 42.5 Å². The minimum Gasteiger partial charge on any atom is -0.274 e. The Labute approximate surface area is 336 Å². The first-order chi connectivity index (χ1) is 25.6. The van der Waals surface area contributed by atoms with Crippen molar-refractivity contribution in [1.29, 1.82) is 0 Å². The number of nitrogens with one attached hydrogen (secondary N) is 2. The van der Waals surface area contributed by atoms with E-state index in [1.165, 1.54) is 48.5 Å². The highest BCUT2D eigenvalue weighted by Gasteiger charge is 2.23. The molecule has 6 rings (SSSR count). The molecule has 2 amide bonds. The molecule has 0 fully saturated rings. The largest absolute Gasteiger partial charge is 0.274 e. The van der Waals surface area contributed by atoms with Crippen LogP contribution in [0.5, 0.6) is 0 Å². The minimum absolute atomic E-state index is 0.0234. The third-order valence-electron chi connectivity index (χ3n) is 7.96. The first-order valence-corrected chi connectivity index (χ1v) is 20.9. The average Bonchev–Trinajstić information content (AvgIpc) is 3.57. The fraction of sp³-hybridized carbons (Fsp3) is 0.135. The quantitative estimate of drug-likeness (QED) is 0.144. The van der Waals surface area contributed by atoms with Crippen LogP contribution in [-0.4, -0.2) is 48.2 Å². The lowest BCUT2D eigenvalue weighted by molar-refractivity contribution is -0.119. The summed E-state index contributed by atoms with van der Waals surface area (Å²) in [5.41, 5.74) is 5.26. The second-order valence-electron chi connectivity index (χ2n) is 11.8. The first-order valence-electron chi connectivity index (χ1n) is 16.1. The number of aromatic nitrogens is 4. The number of benzene rings is 4. The lowest BCUT2D eigenvalue weighted by atomic mass is 10.1. The van der Waals surface area contributed by atoms with E-state index >= 15 is 0 Å². The average molecular weight is 920 g/mol. The number of aryl methyl sites for hydroxylation is 2. The molecule has 4 aromatic carbocycles. The van der Waals surface area contributed by atoms with Gasteiger partial charge in [-0.05, 0) is 122 Å². The highest BCUT2D eigenvalue weighted by atomic mass is 127. The third kappa shape index (κ3) is 9.95. The summed E-state index contributed by atoms with van der Waals surface area (Å²) in [7, 11) is -7.94. The Bertz CT molecular complexity index is 2330. The molecule has 0 saturated heterocycles. The van der Waals surface area contributed by atoms with Gasteiger partial charge >= 0.3 is 0 Å². The van der Waals surface area contributed by atoms with Crippen LogP contribution in [0.4, 0.5) is 0 Å². The van der Waals surface area contributed by atoms with Crippen molar-refractivity contribution in [2.45, 2.75) is 43.4 Å². The highest BCUT2D eigenvalue weighted by molar-refractivity contribution is 14.1. The van der Waals surface area contributed by atoms with Crippen molar-refractivity contribution >= 4 is 77.7 Å². The van der Waals surface area contributed by atoms with Gasteiger partial charge < -0.3 is 0 Å². The van der Waals surface area contributed by atoms with Crippen LogP contribution in [0.1, 0.15) is 28.3 Å². The number of hydrogen-bond donors (Lipinski definition) is 2. The Balaban J connectivity index is 0.000000208. The fourth-order valence-corrected chi connectivity index (χ4v) is 7.90. The van der Waals surface area contributed by atoms with Gasteiger partial charge in [0.05, 0.1) is 60.4 Å². The molecule has 54 heavy (non-hydrogen) atoms. The molecule has 0 radical (unpaired) electrons. The molecule has 0 atom stereocenters. The van der Waals surface area contributed by atoms with Crippen LogP contribution in [0, 0.1) is 24.3 Å². The lowest BCUT2D eigenvalue weighted by Gasteiger charge is -2.10. The van der Waals surface area contributed by atoms with Gasteiger partial charge in [0.25, 0.3) is 20.0 Å². The molecule has 2 heterocycles. The summed E-state index contributed by atoms with van der Waals surface area (Å²) in [4.78, 5) is 24.9. The lowest BCUT2D eigenvalue weighted by Crippen LogP contribution is -2.32. The van der Waals surface area contributed by atoms with Gasteiger partial charge in [0.2, 0.25) is 11.8 Å². The van der Waals surface area contributed by atoms with E-state index in [1.54, 1.807) is 9.36 Å². The molecule has 2 N–H and O–H groups in total. The molecule has 0 aliphatic heterocycles. The molecular weight excluding hydrogens is 886 g/mol. The van der Waals surface area contributed by atoms with Crippen molar-refractivity contribution in [3.05, 3.63) is 151 Å². The van der Waals surface area contributed by atoms with E-state index in [0.29, 0.717) is 21.4 Å². The van der Waals surface area contributed by atoms with Gasteiger partial charge in [0.1, 0.15) is 0 Å². The van der Waals surface area contributed by atoms with Crippen LogP contribution in [0.3, 0.4) is 0 Å². The number of carbonyl (C=O) groups is 2. The Kier molecular flexibility index (Phi) is 13.0. The molecular formula is C37H33Cl2IN6O6S2. The van der Waals surface area contributed by atoms with Gasteiger partial charge in [-0.15, -0.1) is 0 Å². The number of nitrogens with zero attached hydrogens (tertiary/aromatic N) is 4. The van der Waals surface area contributed by atoms with Gasteiger partial charge in [-0.2, -0.15) is 10.2 Å². The Morgan fingerprint density at radius 3 is 1.39 bits per heavy atom. The van der Waals surface area contributed by atoms with Gasteiger partial charge in [0, 0.05) is 10.0 Å². The maximum atomic E-state index is 12.5. The molecule has 0 saturated carbocycles. The molecule has 17 heteroatoms. The minimum atomic E-state index is -3.97. The van der Waals surface area contributed by atoms with Crippen molar-refractivity contribution < 1.29 is 26.4 Å². The molecule has 0 bridgehead atoms. The summed E-state index contributed by atoms with van der Waals surface area (Å²) in [6.45, 7) is 5.55. The maximum Gasteiger partial charge on any atom is 0.264 e. The summed E-state index contributed by atoms with van der Waals surface area (Å²) in [5, 5.41) is 9.76. The maximum absolute atomic E-state index is 12.5. The van der Waals surface area contributed by atoms with Crippen LogP contribution in [0.2, 0.25) is 10.0 Å².